The minimum Gasteiger partial charge on any atom is -0.507 e. The summed E-state index contributed by atoms with van der Waals surface area (Å²) < 4.78 is 6.15. The van der Waals surface area contributed by atoms with Crippen LogP contribution in [-0.2, 0) is 4.74 Å². The molecule has 0 saturated carbocycles. The molecule has 0 amide bonds. The van der Waals surface area contributed by atoms with Gasteiger partial charge in [-0.1, -0.05) is 12.1 Å². The highest BCUT2D eigenvalue weighted by Crippen LogP contribution is 2.38. The Morgan fingerprint density at radius 2 is 1.93 bits per heavy atom. The number of phenols is 1. The second-order valence-electron chi connectivity index (χ2n) is 5.87. The van der Waals surface area contributed by atoms with Crippen molar-refractivity contribution in [3.8, 4) is 26.9 Å². The summed E-state index contributed by atoms with van der Waals surface area (Å²) in [4.78, 5) is 21.7. The highest BCUT2D eigenvalue weighted by Gasteiger charge is 2.19. The lowest BCUT2D eigenvalue weighted by Crippen LogP contribution is -2.03. The SMILES string of the molecule is CCOC(=O)c1sc(-c2ccc(O)c(-c3nc4ccccc4s3)c2)nc1C. The summed E-state index contributed by atoms with van der Waals surface area (Å²) in [6.07, 6.45) is 0. The van der Waals surface area contributed by atoms with Crippen molar-refractivity contribution in [1.82, 2.24) is 9.97 Å². The maximum absolute atomic E-state index is 12.1. The van der Waals surface area contributed by atoms with E-state index in [1.807, 2.05) is 30.3 Å². The Balaban J connectivity index is 1.77. The van der Waals surface area contributed by atoms with Crippen molar-refractivity contribution in [2.45, 2.75) is 13.8 Å². The normalized spacial score (nSPS) is 11.0. The first-order valence-corrected chi connectivity index (χ1v) is 10.0. The molecule has 0 saturated heterocycles. The van der Waals surface area contributed by atoms with Crippen LogP contribution in [0, 0.1) is 6.92 Å². The molecule has 0 fully saturated rings. The van der Waals surface area contributed by atoms with Gasteiger partial charge in [-0.3, -0.25) is 0 Å². The van der Waals surface area contributed by atoms with Gasteiger partial charge in [-0.25, -0.2) is 14.8 Å². The van der Waals surface area contributed by atoms with Crippen LogP contribution in [0.3, 0.4) is 0 Å². The molecule has 5 nitrogen and oxygen atoms in total. The molecular weight excluding hydrogens is 380 g/mol. The molecule has 0 aliphatic heterocycles. The third kappa shape index (κ3) is 3.31. The average Bonchev–Trinajstić information content (AvgIpc) is 3.26. The molecule has 0 spiro atoms. The number of nitrogens with zero attached hydrogens (tertiary/aromatic N) is 2. The van der Waals surface area contributed by atoms with Crippen molar-refractivity contribution >= 4 is 38.9 Å². The van der Waals surface area contributed by atoms with Crippen LogP contribution >= 0.6 is 22.7 Å². The number of ether oxygens (including phenoxy) is 1. The van der Waals surface area contributed by atoms with Crippen LogP contribution in [0.5, 0.6) is 5.75 Å². The highest BCUT2D eigenvalue weighted by atomic mass is 32.1. The Morgan fingerprint density at radius 1 is 1.11 bits per heavy atom. The minimum atomic E-state index is -0.357. The van der Waals surface area contributed by atoms with E-state index in [-0.39, 0.29) is 11.7 Å². The minimum absolute atomic E-state index is 0.164. The first kappa shape index (κ1) is 17.6. The van der Waals surface area contributed by atoms with E-state index in [1.165, 1.54) is 22.7 Å². The van der Waals surface area contributed by atoms with E-state index >= 15 is 0 Å². The summed E-state index contributed by atoms with van der Waals surface area (Å²) in [7, 11) is 0. The molecule has 136 valence electrons. The predicted octanol–water partition coefficient (Wildman–Crippen LogP) is 5.28. The van der Waals surface area contributed by atoms with Crippen LogP contribution in [0.1, 0.15) is 22.3 Å². The van der Waals surface area contributed by atoms with Crippen LogP contribution in [0.4, 0.5) is 0 Å². The fourth-order valence-electron chi connectivity index (χ4n) is 2.73. The summed E-state index contributed by atoms with van der Waals surface area (Å²) in [5.74, 6) is -0.194. The summed E-state index contributed by atoms with van der Waals surface area (Å²) in [5, 5.41) is 11.8. The Morgan fingerprint density at radius 3 is 2.70 bits per heavy atom. The number of aromatic hydroxyl groups is 1. The molecule has 0 unspecified atom stereocenters. The fraction of sp³-hybridized carbons (Fsp3) is 0.150. The van der Waals surface area contributed by atoms with Gasteiger partial charge in [0.25, 0.3) is 0 Å². The zero-order valence-electron chi connectivity index (χ0n) is 14.7. The van der Waals surface area contributed by atoms with Crippen LogP contribution in [-0.4, -0.2) is 27.7 Å². The topological polar surface area (TPSA) is 72.3 Å². The second-order valence-corrected chi connectivity index (χ2v) is 7.90. The van der Waals surface area contributed by atoms with Gasteiger partial charge in [-0.15, -0.1) is 22.7 Å². The van der Waals surface area contributed by atoms with Gasteiger partial charge in [0.15, 0.2) is 0 Å². The Bertz CT molecular complexity index is 1110. The second kappa shape index (κ2) is 7.09. The molecule has 4 aromatic rings. The molecule has 1 N–H and O–H groups in total. The summed E-state index contributed by atoms with van der Waals surface area (Å²) >= 11 is 2.82. The van der Waals surface area contributed by atoms with Crippen molar-refractivity contribution < 1.29 is 14.6 Å². The molecule has 27 heavy (non-hydrogen) atoms. The number of thiazole rings is 2. The maximum atomic E-state index is 12.1. The van der Waals surface area contributed by atoms with Crippen LogP contribution in [0.25, 0.3) is 31.4 Å². The highest BCUT2D eigenvalue weighted by molar-refractivity contribution is 7.21. The monoisotopic (exact) mass is 396 g/mol. The Labute approximate surface area is 163 Å². The molecular formula is C20H16N2O3S2. The first-order chi connectivity index (χ1) is 13.1. The van der Waals surface area contributed by atoms with Crippen molar-refractivity contribution in [3.05, 3.63) is 53.0 Å². The van der Waals surface area contributed by atoms with Gasteiger partial charge in [0.05, 0.1) is 28.1 Å². The summed E-state index contributed by atoms with van der Waals surface area (Å²) in [6.45, 7) is 3.90. The lowest BCUT2D eigenvalue weighted by atomic mass is 10.1. The lowest BCUT2D eigenvalue weighted by molar-refractivity contribution is 0.0531. The third-order valence-corrected chi connectivity index (χ3v) is 6.28. The van der Waals surface area contributed by atoms with Gasteiger partial charge in [-0.2, -0.15) is 0 Å². The number of benzene rings is 2. The standard InChI is InChI=1S/C20H16N2O3S2/c1-3-25-20(24)17-11(2)21-18(27-17)12-8-9-15(23)13(10-12)19-22-14-6-4-5-7-16(14)26-19/h4-10,23H,3H2,1-2H3. The molecule has 2 aromatic heterocycles. The number of fused-ring (bicyclic) bond motifs is 1. The van der Waals surface area contributed by atoms with Crippen LogP contribution in [0.2, 0.25) is 0 Å². The summed E-state index contributed by atoms with van der Waals surface area (Å²) in [5.41, 5.74) is 3.02. The van der Waals surface area contributed by atoms with Gasteiger partial charge in [0.1, 0.15) is 20.6 Å². The van der Waals surface area contributed by atoms with E-state index in [1.54, 1.807) is 26.0 Å². The third-order valence-electron chi connectivity index (χ3n) is 4.03. The number of carbonyl (C=O) groups excluding carboxylic acids is 1. The van der Waals surface area contributed by atoms with E-state index in [9.17, 15) is 9.90 Å². The van der Waals surface area contributed by atoms with Crippen molar-refractivity contribution in [3.63, 3.8) is 0 Å². The molecule has 0 bridgehead atoms. The zero-order valence-corrected chi connectivity index (χ0v) is 16.4. The number of phenolic OH excluding ortho intramolecular Hbond substituents is 1. The number of hydrogen-bond acceptors (Lipinski definition) is 7. The number of para-hydroxylation sites is 1. The number of aromatic nitrogens is 2. The van der Waals surface area contributed by atoms with Gasteiger partial charge in [0, 0.05) is 5.56 Å². The van der Waals surface area contributed by atoms with Crippen molar-refractivity contribution in [1.29, 1.82) is 0 Å². The van der Waals surface area contributed by atoms with Gasteiger partial charge >= 0.3 is 5.97 Å². The molecule has 2 heterocycles. The average molecular weight is 396 g/mol. The van der Waals surface area contributed by atoms with E-state index in [0.717, 1.165) is 20.8 Å². The van der Waals surface area contributed by atoms with E-state index in [4.69, 9.17) is 4.74 Å². The summed E-state index contributed by atoms with van der Waals surface area (Å²) in [6, 6.07) is 13.2. The number of carbonyl (C=O) groups is 1. The van der Waals surface area contributed by atoms with Gasteiger partial charge in [0.2, 0.25) is 0 Å². The van der Waals surface area contributed by atoms with Crippen molar-refractivity contribution in [2.75, 3.05) is 6.61 Å². The molecule has 0 aliphatic carbocycles. The van der Waals surface area contributed by atoms with Gasteiger partial charge < -0.3 is 9.84 Å². The van der Waals surface area contributed by atoms with E-state index < -0.39 is 0 Å². The fourth-order valence-corrected chi connectivity index (χ4v) is 4.68. The maximum Gasteiger partial charge on any atom is 0.350 e. The largest absolute Gasteiger partial charge is 0.507 e. The zero-order chi connectivity index (χ0) is 19.0. The van der Waals surface area contributed by atoms with E-state index in [0.29, 0.717) is 27.7 Å². The first-order valence-electron chi connectivity index (χ1n) is 8.40. The van der Waals surface area contributed by atoms with Gasteiger partial charge in [-0.05, 0) is 44.2 Å². The van der Waals surface area contributed by atoms with E-state index in [2.05, 4.69) is 9.97 Å². The molecule has 4 rings (SSSR count). The Hall–Kier alpha value is -2.77. The van der Waals surface area contributed by atoms with Crippen LogP contribution < -0.4 is 0 Å². The van der Waals surface area contributed by atoms with Crippen LogP contribution in [0.15, 0.2) is 42.5 Å². The number of hydrogen-bond donors (Lipinski definition) is 1. The Kier molecular flexibility index (Phi) is 4.63. The number of aryl methyl sites for hydroxylation is 1. The predicted molar refractivity (Wildman–Crippen MR) is 109 cm³/mol. The quantitative estimate of drug-likeness (QED) is 0.475. The number of esters is 1. The smallest absolute Gasteiger partial charge is 0.350 e. The molecule has 0 radical (unpaired) electrons. The molecule has 0 atom stereocenters. The van der Waals surface area contributed by atoms with Crippen molar-refractivity contribution in [2.24, 2.45) is 0 Å². The lowest BCUT2D eigenvalue weighted by Gasteiger charge is -2.03. The molecule has 0 aliphatic rings. The molecule has 2 aromatic carbocycles. The number of rotatable bonds is 4. The molecule has 7 heteroatoms.